The first-order chi connectivity index (χ1) is 12.6. The number of likely N-dealkylation sites (tertiary alicyclic amines) is 1. The average Bonchev–Trinajstić information content (AvgIpc) is 3.21. The van der Waals surface area contributed by atoms with Crippen molar-refractivity contribution >= 4 is 16.9 Å². The minimum atomic E-state index is 0.174. The molecule has 1 unspecified atom stereocenters. The molecule has 0 radical (unpaired) electrons. The van der Waals surface area contributed by atoms with E-state index in [0.29, 0.717) is 12.5 Å². The molecule has 1 atom stereocenters. The number of hydrogen-bond acceptors (Lipinski definition) is 2. The lowest BCUT2D eigenvalue weighted by Gasteiger charge is -2.18. The highest BCUT2D eigenvalue weighted by atomic mass is 16.2. The van der Waals surface area contributed by atoms with Crippen LogP contribution in [0.1, 0.15) is 43.6 Å². The second-order valence-electron chi connectivity index (χ2n) is 7.40. The van der Waals surface area contributed by atoms with Crippen molar-refractivity contribution in [2.75, 3.05) is 13.1 Å². The summed E-state index contributed by atoms with van der Waals surface area (Å²) < 4.78 is 2.30. The summed E-state index contributed by atoms with van der Waals surface area (Å²) in [6, 6.07) is 18.9. The quantitative estimate of drug-likeness (QED) is 0.694. The zero-order valence-electron chi connectivity index (χ0n) is 15.4. The van der Waals surface area contributed by atoms with Gasteiger partial charge in [0.25, 0.3) is 0 Å². The van der Waals surface area contributed by atoms with Crippen LogP contribution in [0.15, 0.2) is 54.6 Å². The highest BCUT2D eigenvalue weighted by molar-refractivity contribution is 5.81. The van der Waals surface area contributed by atoms with E-state index in [-0.39, 0.29) is 11.8 Å². The van der Waals surface area contributed by atoms with Gasteiger partial charge in [0.2, 0.25) is 5.91 Å². The molecule has 134 valence electrons. The van der Waals surface area contributed by atoms with Gasteiger partial charge >= 0.3 is 0 Å². The van der Waals surface area contributed by atoms with Crippen LogP contribution >= 0.6 is 0 Å². The number of carbonyl (C=O) groups excluding carboxylic acids is 1. The van der Waals surface area contributed by atoms with Crippen molar-refractivity contribution in [2.24, 2.45) is 0 Å². The Hall–Kier alpha value is -2.62. The molecule has 1 saturated heterocycles. The van der Waals surface area contributed by atoms with E-state index in [1.807, 2.05) is 17.0 Å². The lowest BCUT2D eigenvalue weighted by molar-refractivity contribution is -0.127. The van der Waals surface area contributed by atoms with Crippen LogP contribution in [0.25, 0.3) is 11.0 Å². The molecular formula is C22H25N3O. The number of carbonyl (C=O) groups is 1. The Kier molecular flexibility index (Phi) is 4.49. The maximum Gasteiger partial charge on any atom is 0.223 e. The molecule has 0 aliphatic carbocycles. The number of hydrogen-bond donors (Lipinski definition) is 0. The van der Waals surface area contributed by atoms with Gasteiger partial charge < -0.3 is 9.47 Å². The van der Waals surface area contributed by atoms with Gasteiger partial charge in [0.15, 0.2) is 0 Å². The van der Waals surface area contributed by atoms with E-state index in [1.54, 1.807) is 0 Å². The van der Waals surface area contributed by atoms with Crippen molar-refractivity contribution in [3.63, 3.8) is 0 Å². The third-order valence-electron chi connectivity index (χ3n) is 5.23. The van der Waals surface area contributed by atoms with E-state index >= 15 is 0 Å². The molecule has 2 aromatic carbocycles. The average molecular weight is 347 g/mol. The van der Waals surface area contributed by atoms with E-state index in [9.17, 15) is 4.79 Å². The van der Waals surface area contributed by atoms with Crippen molar-refractivity contribution in [3.8, 4) is 0 Å². The summed E-state index contributed by atoms with van der Waals surface area (Å²) in [4.78, 5) is 19.5. The van der Waals surface area contributed by atoms with Gasteiger partial charge in [-0.2, -0.15) is 0 Å². The first kappa shape index (κ1) is 16.8. The number of benzene rings is 2. The van der Waals surface area contributed by atoms with Gasteiger partial charge in [-0.15, -0.1) is 0 Å². The van der Waals surface area contributed by atoms with E-state index in [1.165, 1.54) is 5.56 Å². The Morgan fingerprint density at radius 1 is 1.08 bits per heavy atom. The molecule has 0 saturated carbocycles. The molecule has 4 heteroatoms. The van der Waals surface area contributed by atoms with E-state index in [0.717, 1.165) is 36.4 Å². The largest absolute Gasteiger partial charge is 0.342 e. The summed E-state index contributed by atoms with van der Waals surface area (Å²) >= 11 is 0. The minimum absolute atomic E-state index is 0.174. The predicted octanol–water partition coefficient (Wildman–Crippen LogP) is 4.18. The smallest absolute Gasteiger partial charge is 0.223 e. The molecule has 2 heterocycles. The summed E-state index contributed by atoms with van der Waals surface area (Å²) in [6.45, 7) is 5.91. The van der Waals surface area contributed by atoms with Crippen LogP contribution in [-0.2, 0) is 11.2 Å². The number of amides is 1. The van der Waals surface area contributed by atoms with Crippen molar-refractivity contribution in [1.82, 2.24) is 14.5 Å². The highest BCUT2D eigenvalue weighted by Gasteiger charge is 2.34. The third kappa shape index (κ3) is 3.12. The standard InChI is InChI=1S/C22H25N3O/c1-16(2)25-20-11-7-6-10-19(20)23-22(25)18-14-21(26)24(15-18)13-12-17-8-4-3-5-9-17/h3-11,16,18H,12-15H2,1-2H3. The van der Waals surface area contributed by atoms with Gasteiger partial charge in [-0.1, -0.05) is 42.5 Å². The first-order valence-corrected chi connectivity index (χ1v) is 9.42. The highest BCUT2D eigenvalue weighted by Crippen LogP contribution is 2.32. The van der Waals surface area contributed by atoms with Gasteiger partial charge in [0.1, 0.15) is 5.82 Å². The fourth-order valence-electron chi connectivity index (χ4n) is 3.96. The van der Waals surface area contributed by atoms with Crippen molar-refractivity contribution in [1.29, 1.82) is 0 Å². The van der Waals surface area contributed by atoms with Crippen LogP contribution in [0.2, 0.25) is 0 Å². The van der Waals surface area contributed by atoms with Crippen LogP contribution in [0.3, 0.4) is 0 Å². The summed E-state index contributed by atoms with van der Waals surface area (Å²) in [5.41, 5.74) is 3.46. The van der Waals surface area contributed by atoms with Crippen molar-refractivity contribution < 1.29 is 4.79 Å². The van der Waals surface area contributed by atoms with Gasteiger partial charge in [0.05, 0.1) is 11.0 Å². The molecule has 1 amide bonds. The number of rotatable bonds is 5. The lowest BCUT2D eigenvalue weighted by atomic mass is 10.1. The van der Waals surface area contributed by atoms with Crippen LogP contribution in [0, 0.1) is 0 Å². The van der Waals surface area contributed by atoms with Gasteiger partial charge in [-0.25, -0.2) is 4.98 Å². The molecule has 0 bridgehead atoms. The second kappa shape index (κ2) is 6.94. The molecule has 1 aliphatic heterocycles. The molecule has 26 heavy (non-hydrogen) atoms. The molecule has 1 fully saturated rings. The topological polar surface area (TPSA) is 38.1 Å². The van der Waals surface area contributed by atoms with Gasteiger partial charge in [-0.05, 0) is 38.0 Å². The van der Waals surface area contributed by atoms with Gasteiger partial charge in [-0.3, -0.25) is 4.79 Å². The lowest BCUT2D eigenvalue weighted by Crippen LogP contribution is -2.27. The van der Waals surface area contributed by atoms with E-state index in [4.69, 9.17) is 4.98 Å². The summed E-state index contributed by atoms with van der Waals surface area (Å²) in [5.74, 6) is 1.47. The Morgan fingerprint density at radius 2 is 1.81 bits per heavy atom. The Bertz CT molecular complexity index is 914. The molecule has 4 rings (SSSR count). The first-order valence-electron chi connectivity index (χ1n) is 9.42. The number of fused-ring (bicyclic) bond motifs is 1. The van der Waals surface area contributed by atoms with Crippen LogP contribution in [0.5, 0.6) is 0 Å². The molecule has 3 aromatic rings. The molecule has 4 nitrogen and oxygen atoms in total. The van der Waals surface area contributed by atoms with Crippen molar-refractivity contribution in [2.45, 2.75) is 38.6 Å². The third-order valence-corrected chi connectivity index (χ3v) is 5.23. The van der Waals surface area contributed by atoms with E-state index < -0.39 is 0 Å². The number of nitrogens with zero attached hydrogens (tertiary/aromatic N) is 3. The van der Waals surface area contributed by atoms with Crippen LogP contribution in [-0.4, -0.2) is 33.4 Å². The van der Waals surface area contributed by atoms with Gasteiger partial charge in [0, 0.05) is 31.5 Å². The molecule has 0 spiro atoms. The zero-order valence-corrected chi connectivity index (χ0v) is 15.4. The maximum atomic E-state index is 12.6. The van der Waals surface area contributed by atoms with Crippen molar-refractivity contribution in [3.05, 3.63) is 66.0 Å². The SMILES string of the molecule is CC(C)n1c(C2CC(=O)N(CCc3ccccc3)C2)nc2ccccc21. The number of imidazole rings is 1. The Labute approximate surface area is 154 Å². The summed E-state index contributed by atoms with van der Waals surface area (Å²) in [7, 11) is 0. The molecule has 1 aliphatic rings. The maximum absolute atomic E-state index is 12.6. The molecular weight excluding hydrogens is 322 g/mol. The normalized spacial score (nSPS) is 17.6. The second-order valence-corrected chi connectivity index (χ2v) is 7.40. The fourth-order valence-corrected chi connectivity index (χ4v) is 3.96. The van der Waals surface area contributed by atoms with E-state index in [2.05, 4.69) is 60.9 Å². The minimum Gasteiger partial charge on any atom is -0.342 e. The summed E-state index contributed by atoms with van der Waals surface area (Å²) in [6.07, 6.45) is 1.46. The van der Waals surface area contributed by atoms with Crippen LogP contribution < -0.4 is 0 Å². The number of aromatic nitrogens is 2. The molecule has 0 N–H and O–H groups in total. The summed E-state index contributed by atoms with van der Waals surface area (Å²) in [5, 5.41) is 0. The number of para-hydroxylation sites is 2. The Morgan fingerprint density at radius 3 is 2.58 bits per heavy atom. The fraction of sp³-hybridized carbons (Fsp3) is 0.364. The van der Waals surface area contributed by atoms with Crippen LogP contribution in [0.4, 0.5) is 0 Å². The molecule has 1 aromatic heterocycles. The predicted molar refractivity (Wildman–Crippen MR) is 104 cm³/mol. The Balaban J connectivity index is 1.55. The monoisotopic (exact) mass is 347 g/mol. The zero-order chi connectivity index (χ0) is 18.1.